The van der Waals surface area contributed by atoms with Crippen LogP contribution in [0.25, 0.3) is 10.9 Å². The molecule has 0 aliphatic carbocycles. The molecular formula is C18H22N2O4S. The van der Waals surface area contributed by atoms with Gasteiger partial charge in [0.1, 0.15) is 0 Å². The molecule has 0 bridgehead atoms. The van der Waals surface area contributed by atoms with E-state index in [4.69, 9.17) is 0 Å². The van der Waals surface area contributed by atoms with Crippen LogP contribution in [0.15, 0.2) is 23.0 Å². The van der Waals surface area contributed by atoms with Gasteiger partial charge in [0.05, 0.1) is 17.0 Å². The molecule has 1 fully saturated rings. The van der Waals surface area contributed by atoms with Crippen molar-refractivity contribution in [1.29, 1.82) is 0 Å². The van der Waals surface area contributed by atoms with E-state index in [1.165, 1.54) is 0 Å². The molecule has 0 saturated carbocycles. The Bertz CT molecular complexity index is 992. The average molecular weight is 362 g/mol. The van der Waals surface area contributed by atoms with Gasteiger partial charge in [-0.3, -0.25) is 9.59 Å². The molecule has 6 nitrogen and oxygen atoms in total. The first kappa shape index (κ1) is 17.7. The fourth-order valence-corrected chi connectivity index (χ4v) is 4.89. The molecule has 1 atom stereocenters. The zero-order valence-electron chi connectivity index (χ0n) is 14.4. The predicted molar refractivity (Wildman–Crippen MR) is 97.6 cm³/mol. The number of sulfone groups is 1. The van der Waals surface area contributed by atoms with Crippen LogP contribution >= 0.6 is 0 Å². The highest BCUT2D eigenvalue weighted by Crippen LogP contribution is 2.19. The lowest BCUT2D eigenvalue weighted by Crippen LogP contribution is -2.35. The number of carbonyl (C=O) groups excluding carboxylic acids is 1. The maximum absolute atomic E-state index is 12.3. The molecule has 1 saturated heterocycles. The highest BCUT2D eigenvalue weighted by atomic mass is 32.2. The van der Waals surface area contributed by atoms with E-state index in [0.29, 0.717) is 18.4 Å². The largest absolute Gasteiger partial charge is 0.352 e. The van der Waals surface area contributed by atoms with Gasteiger partial charge in [-0.1, -0.05) is 12.1 Å². The second kappa shape index (κ2) is 6.63. The van der Waals surface area contributed by atoms with Gasteiger partial charge < -0.3 is 10.3 Å². The second-order valence-corrected chi connectivity index (χ2v) is 8.99. The molecule has 0 radical (unpaired) electrons. The van der Waals surface area contributed by atoms with E-state index in [1.807, 2.05) is 32.0 Å². The fraction of sp³-hybridized carbons (Fsp3) is 0.444. The number of aryl methyl sites for hydroxylation is 3. The molecule has 7 heteroatoms. The Morgan fingerprint density at radius 1 is 1.32 bits per heavy atom. The number of benzene rings is 1. The maximum atomic E-state index is 12.3. The van der Waals surface area contributed by atoms with Crippen molar-refractivity contribution >= 4 is 26.6 Å². The molecular weight excluding hydrogens is 340 g/mol. The molecule has 134 valence electrons. The summed E-state index contributed by atoms with van der Waals surface area (Å²) in [5, 5.41) is 3.69. The quantitative estimate of drug-likeness (QED) is 0.859. The molecule has 1 unspecified atom stereocenters. The van der Waals surface area contributed by atoms with Crippen LogP contribution in [0.4, 0.5) is 0 Å². The molecule has 0 spiro atoms. The summed E-state index contributed by atoms with van der Waals surface area (Å²) in [4.78, 5) is 27.2. The number of H-pyrrole nitrogens is 1. The number of amides is 1. The normalized spacial score (nSPS) is 19.2. The van der Waals surface area contributed by atoms with Crippen LogP contribution in [0.1, 0.15) is 29.5 Å². The number of nitrogens with one attached hydrogen (secondary N) is 2. The molecule has 25 heavy (non-hydrogen) atoms. The van der Waals surface area contributed by atoms with Crippen molar-refractivity contribution in [3.8, 4) is 0 Å². The number of hydrogen-bond acceptors (Lipinski definition) is 4. The minimum Gasteiger partial charge on any atom is -0.352 e. The zero-order chi connectivity index (χ0) is 18.2. The van der Waals surface area contributed by atoms with Crippen molar-refractivity contribution < 1.29 is 13.2 Å². The van der Waals surface area contributed by atoms with Gasteiger partial charge in [-0.2, -0.15) is 0 Å². The predicted octanol–water partition coefficient (Wildman–Crippen LogP) is 1.38. The molecule has 2 aromatic rings. The Balaban J connectivity index is 1.69. The van der Waals surface area contributed by atoms with Crippen molar-refractivity contribution in [2.24, 2.45) is 0 Å². The Hall–Kier alpha value is -2.15. The second-order valence-electron chi connectivity index (χ2n) is 6.76. The Labute approximate surface area is 146 Å². The summed E-state index contributed by atoms with van der Waals surface area (Å²) in [6, 6.07) is 5.49. The molecule has 1 aromatic carbocycles. The van der Waals surface area contributed by atoms with Gasteiger partial charge in [0.25, 0.3) is 5.56 Å². The molecule has 1 aliphatic heterocycles. The SMILES string of the molecule is Cc1ccc2cc(CCC(=O)NC3CCS(=O)(=O)C3)c(=O)[nH]c2c1C. The van der Waals surface area contributed by atoms with Crippen LogP contribution in [-0.4, -0.2) is 36.9 Å². The first-order valence-corrected chi connectivity index (χ1v) is 10.2. The first-order valence-electron chi connectivity index (χ1n) is 8.37. The lowest BCUT2D eigenvalue weighted by Gasteiger charge is -2.11. The van der Waals surface area contributed by atoms with Crippen LogP contribution in [0.2, 0.25) is 0 Å². The van der Waals surface area contributed by atoms with Crippen molar-refractivity contribution in [3.05, 3.63) is 45.2 Å². The molecule has 1 aromatic heterocycles. The van der Waals surface area contributed by atoms with Crippen LogP contribution in [-0.2, 0) is 21.1 Å². The van der Waals surface area contributed by atoms with E-state index in [-0.39, 0.29) is 35.4 Å². The number of aromatic amines is 1. The van der Waals surface area contributed by atoms with E-state index in [1.54, 1.807) is 0 Å². The summed E-state index contributed by atoms with van der Waals surface area (Å²) in [5.74, 6) is -0.0868. The van der Waals surface area contributed by atoms with E-state index in [2.05, 4.69) is 10.3 Å². The zero-order valence-corrected chi connectivity index (χ0v) is 15.2. The van der Waals surface area contributed by atoms with Gasteiger partial charge in [-0.05, 0) is 49.3 Å². The molecule has 1 amide bonds. The highest BCUT2D eigenvalue weighted by Gasteiger charge is 2.28. The molecule has 2 N–H and O–H groups in total. The third-order valence-electron chi connectivity index (χ3n) is 4.85. The number of aromatic nitrogens is 1. The van der Waals surface area contributed by atoms with Gasteiger partial charge in [-0.25, -0.2) is 8.42 Å². The standard InChI is InChI=1S/C18H22N2O4S/c1-11-3-4-13-9-14(18(22)20-17(13)12(11)2)5-6-16(21)19-15-7-8-25(23,24)10-15/h3-4,9,15H,5-8,10H2,1-2H3,(H,19,21)(H,20,22). The average Bonchev–Trinajstić information content (AvgIpc) is 2.88. The summed E-state index contributed by atoms with van der Waals surface area (Å²) in [7, 11) is -3.02. The van der Waals surface area contributed by atoms with E-state index >= 15 is 0 Å². The van der Waals surface area contributed by atoms with E-state index in [0.717, 1.165) is 22.0 Å². The minimum absolute atomic E-state index is 0.00786. The molecule has 2 heterocycles. The summed E-state index contributed by atoms with van der Waals surface area (Å²) < 4.78 is 22.9. The number of fused-ring (bicyclic) bond motifs is 1. The van der Waals surface area contributed by atoms with Crippen molar-refractivity contribution in [2.75, 3.05) is 11.5 Å². The summed E-state index contributed by atoms with van der Waals surface area (Å²) in [5.41, 5.74) is 3.36. The lowest BCUT2D eigenvalue weighted by molar-refractivity contribution is -0.121. The van der Waals surface area contributed by atoms with Gasteiger partial charge >= 0.3 is 0 Å². The van der Waals surface area contributed by atoms with Crippen LogP contribution < -0.4 is 10.9 Å². The smallest absolute Gasteiger partial charge is 0.251 e. The topological polar surface area (TPSA) is 96.1 Å². The Morgan fingerprint density at radius 2 is 2.08 bits per heavy atom. The molecule has 3 rings (SSSR count). The van der Waals surface area contributed by atoms with Crippen molar-refractivity contribution in [2.45, 2.75) is 39.2 Å². The third kappa shape index (κ3) is 3.92. The lowest BCUT2D eigenvalue weighted by atomic mass is 10.0. The molecule has 1 aliphatic rings. The van der Waals surface area contributed by atoms with E-state index in [9.17, 15) is 18.0 Å². The van der Waals surface area contributed by atoms with Crippen LogP contribution in [0.5, 0.6) is 0 Å². The van der Waals surface area contributed by atoms with Crippen LogP contribution in [0, 0.1) is 13.8 Å². The summed E-state index contributed by atoms with van der Waals surface area (Å²) >= 11 is 0. The van der Waals surface area contributed by atoms with Gasteiger partial charge in [0.2, 0.25) is 5.91 Å². The minimum atomic E-state index is -3.02. The van der Waals surface area contributed by atoms with Gasteiger partial charge in [0, 0.05) is 18.0 Å². The number of hydrogen-bond donors (Lipinski definition) is 2. The van der Waals surface area contributed by atoms with Crippen LogP contribution in [0.3, 0.4) is 0 Å². The summed E-state index contributed by atoms with van der Waals surface area (Å²) in [6.07, 6.45) is 0.947. The van der Waals surface area contributed by atoms with Gasteiger partial charge in [0.15, 0.2) is 9.84 Å². The number of rotatable bonds is 4. The summed E-state index contributed by atoms with van der Waals surface area (Å²) in [6.45, 7) is 3.96. The third-order valence-corrected chi connectivity index (χ3v) is 6.61. The Morgan fingerprint density at radius 3 is 2.76 bits per heavy atom. The van der Waals surface area contributed by atoms with Crippen molar-refractivity contribution in [3.63, 3.8) is 0 Å². The number of pyridine rings is 1. The number of carbonyl (C=O) groups is 1. The first-order chi connectivity index (χ1) is 11.7. The highest BCUT2D eigenvalue weighted by molar-refractivity contribution is 7.91. The van der Waals surface area contributed by atoms with Gasteiger partial charge in [-0.15, -0.1) is 0 Å². The maximum Gasteiger partial charge on any atom is 0.251 e. The Kier molecular flexibility index (Phi) is 4.69. The monoisotopic (exact) mass is 362 g/mol. The van der Waals surface area contributed by atoms with Crippen molar-refractivity contribution in [1.82, 2.24) is 10.3 Å². The fourth-order valence-electron chi connectivity index (χ4n) is 3.21. The van der Waals surface area contributed by atoms with E-state index < -0.39 is 9.84 Å².